The summed E-state index contributed by atoms with van der Waals surface area (Å²) < 4.78 is 28.1. The Kier molecular flexibility index (Phi) is 2.99. The van der Waals surface area contributed by atoms with Crippen LogP contribution in [-0.4, -0.2) is 9.97 Å². The number of para-hydroxylation sites is 1. The van der Waals surface area contributed by atoms with Crippen LogP contribution in [0.25, 0.3) is 22.4 Å². The van der Waals surface area contributed by atoms with E-state index in [0.29, 0.717) is 21.1 Å². The number of imidazole rings is 1. The summed E-state index contributed by atoms with van der Waals surface area (Å²) in [5, 5.41) is 9.00. The summed E-state index contributed by atoms with van der Waals surface area (Å²) in [6.07, 6.45) is 0. The van der Waals surface area contributed by atoms with Crippen molar-refractivity contribution in [1.29, 1.82) is 5.26 Å². The number of nitriles is 1. The van der Waals surface area contributed by atoms with E-state index in [2.05, 4.69) is 25.9 Å². The molecule has 1 heterocycles. The molecule has 0 saturated carbocycles. The van der Waals surface area contributed by atoms with Crippen molar-refractivity contribution in [3.63, 3.8) is 0 Å². The van der Waals surface area contributed by atoms with E-state index < -0.39 is 11.6 Å². The molecule has 0 aliphatic rings. The predicted molar refractivity (Wildman–Crippen MR) is 73.9 cm³/mol. The second kappa shape index (κ2) is 4.69. The van der Waals surface area contributed by atoms with Crippen molar-refractivity contribution in [2.24, 2.45) is 0 Å². The van der Waals surface area contributed by atoms with Gasteiger partial charge in [0.05, 0.1) is 16.6 Å². The topological polar surface area (TPSA) is 52.5 Å². The first kappa shape index (κ1) is 12.8. The Hall–Kier alpha value is -2.26. The Morgan fingerprint density at radius 1 is 1.20 bits per heavy atom. The van der Waals surface area contributed by atoms with Gasteiger partial charge in [-0.2, -0.15) is 5.26 Å². The van der Waals surface area contributed by atoms with E-state index in [1.54, 1.807) is 18.2 Å². The Morgan fingerprint density at radius 2 is 1.90 bits per heavy atom. The van der Waals surface area contributed by atoms with E-state index in [1.807, 2.05) is 6.07 Å². The summed E-state index contributed by atoms with van der Waals surface area (Å²) in [4.78, 5) is 6.96. The fraction of sp³-hybridized carbons (Fsp3) is 0. The molecule has 1 N–H and O–H groups in total. The zero-order valence-corrected chi connectivity index (χ0v) is 11.5. The van der Waals surface area contributed by atoms with E-state index in [-0.39, 0.29) is 11.4 Å². The Bertz CT molecular complexity index is 841. The molecule has 0 unspecified atom stereocenters. The van der Waals surface area contributed by atoms with Crippen LogP contribution in [-0.2, 0) is 0 Å². The Labute approximate surface area is 121 Å². The molecule has 0 fully saturated rings. The zero-order chi connectivity index (χ0) is 14.3. The molecular weight excluding hydrogens is 328 g/mol. The van der Waals surface area contributed by atoms with E-state index in [0.717, 1.165) is 12.1 Å². The number of aromatic amines is 1. The molecule has 0 aliphatic heterocycles. The third-order valence-electron chi connectivity index (χ3n) is 2.88. The van der Waals surface area contributed by atoms with E-state index in [9.17, 15) is 8.78 Å². The van der Waals surface area contributed by atoms with Crippen molar-refractivity contribution in [2.75, 3.05) is 0 Å². The molecule has 2 aromatic carbocycles. The second-order valence-electron chi connectivity index (χ2n) is 4.14. The van der Waals surface area contributed by atoms with Crippen LogP contribution in [0, 0.1) is 23.0 Å². The highest BCUT2D eigenvalue weighted by molar-refractivity contribution is 9.10. The van der Waals surface area contributed by atoms with E-state index in [1.165, 1.54) is 0 Å². The van der Waals surface area contributed by atoms with Crippen molar-refractivity contribution in [1.82, 2.24) is 9.97 Å². The van der Waals surface area contributed by atoms with Crippen LogP contribution in [0.4, 0.5) is 8.78 Å². The third kappa shape index (κ3) is 1.96. The average Bonchev–Trinajstić information content (AvgIpc) is 2.80. The molecular formula is C14H6BrF2N3. The summed E-state index contributed by atoms with van der Waals surface area (Å²) in [6.45, 7) is 0. The van der Waals surface area contributed by atoms with Crippen molar-refractivity contribution in [3.8, 4) is 17.5 Å². The van der Waals surface area contributed by atoms with Gasteiger partial charge in [-0.05, 0) is 24.3 Å². The molecule has 3 rings (SSSR count). The van der Waals surface area contributed by atoms with E-state index in [4.69, 9.17) is 5.26 Å². The summed E-state index contributed by atoms with van der Waals surface area (Å²) >= 11 is 3.02. The Morgan fingerprint density at radius 3 is 2.55 bits per heavy atom. The number of nitrogens with zero attached hydrogens (tertiary/aromatic N) is 2. The van der Waals surface area contributed by atoms with Crippen molar-refractivity contribution >= 4 is 27.0 Å². The normalized spacial score (nSPS) is 10.7. The number of H-pyrrole nitrogens is 1. The first-order valence-corrected chi connectivity index (χ1v) is 6.43. The zero-order valence-electron chi connectivity index (χ0n) is 9.92. The molecule has 3 nitrogen and oxygen atoms in total. The minimum absolute atomic E-state index is 0.0604. The number of halogens is 3. The van der Waals surface area contributed by atoms with Crippen LogP contribution in [0.1, 0.15) is 5.56 Å². The highest BCUT2D eigenvalue weighted by atomic mass is 79.9. The lowest BCUT2D eigenvalue weighted by molar-refractivity contribution is 0.586. The second-order valence-corrected chi connectivity index (χ2v) is 5.06. The van der Waals surface area contributed by atoms with Gasteiger partial charge in [0.25, 0.3) is 0 Å². The molecule has 0 bridgehead atoms. The molecule has 6 heteroatoms. The quantitative estimate of drug-likeness (QED) is 0.727. The van der Waals surface area contributed by atoms with Gasteiger partial charge < -0.3 is 4.98 Å². The van der Waals surface area contributed by atoms with Crippen LogP contribution in [0.2, 0.25) is 0 Å². The SMILES string of the molecule is N#Cc1cccc2[nH]c(-c3c(F)cc(Br)cc3F)nc12. The van der Waals surface area contributed by atoms with Gasteiger partial charge in [-0.25, -0.2) is 13.8 Å². The molecule has 20 heavy (non-hydrogen) atoms. The van der Waals surface area contributed by atoms with Crippen LogP contribution in [0.3, 0.4) is 0 Å². The minimum Gasteiger partial charge on any atom is -0.338 e. The lowest BCUT2D eigenvalue weighted by Crippen LogP contribution is -1.92. The Balaban J connectivity index is 2.29. The van der Waals surface area contributed by atoms with Gasteiger partial charge in [0.15, 0.2) is 0 Å². The van der Waals surface area contributed by atoms with Crippen LogP contribution >= 0.6 is 15.9 Å². The van der Waals surface area contributed by atoms with Gasteiger partial charge in [0, 0.05) is 4.47 Å². The summed E-state index contributed by atoms with van der Waals surface area (Å²) in [7, 11) is 0. The fourth-order valence-electron chi connectivity index (χ4n) is 2.01. The van der Waals surface area contributed by atoms with Gasteiger partial charge >= 0.3 is 0 Å². The third-order valence-corrected chi connectivity index (χ3v) is 3.33. The maximum atomic E-state index is 13.9. The van der Waals surface area contributed by atoms with Crippen LogP contribution in [0.5, 0.6) is 0 Å². The van der Waals surface area contributed by atoms with Crippen molar-refractivity contribution in [3.05, 3.63) is 52.0 Å². The lowest BCUT2D eigenvalue weighted by Gasteiger charge is -2.02. The fourth-order valence-corrected chi connectivity index (χ4v) is 2.41. The number of nitrogens with one attached hydrogen (secondary N) is 1. The first-order chi connectivity index (χ1) is 9.60. The monoisotopic (exact) mass is 333 g/mol. The van der Waals surface area contributed by atoms with Crippen molar-refractivity contribution in [2.45, 2.75) is 0 Å². The number of fused-ring (bicyclic) bond motifs is 1. The van der Waals surface area contributed by atoms with Gasteiger partial charge in [0.1, 0.15) is 29.0 Å². The highest BCUT2D eigenvalue weighted by Crippen LogP contribution is 2.29. The molecule has 0 aliphatic carbocycles. The molecule has 0 saturated heterocycles. The summed E-state index contributed by atoms with van der Waals surface area (Å²) in [5.74, 6) is -1.39. The maximum absolute atomic E-state index is 13.9. The number of benzene rings is 2. The maximum Gasteiger partial charge on any atom is 0.144 e. The van der Waals surface area contributed by atoms with Gasteiger partial charge in [-0.1, -0.05) is 22.0 Å². The average molecular weight is 334 g/mol. The van der Waals surface area contributed by atoms with Gasteiger partial charge in [0.2, 0.25) is 0 Å². The lowest BCUT2D eigenvalue weighted by atomic mass is 10.2. The standard InChI is InChI=1S/C14H6BrF2N3/c15-8-4-9(16)12(10(17)5-8)14-19-11-3-1-2-7(6-18)13(11)20-14/h1-5H,(H,19,20). The predicted octanol–water partition coefficient (Wildman–Crippen LogP) is 4.14. The summed E-state index contributed by atoms with van der Waals surface area (Å²) in [6, 6.07) is 9.29. The number of hydrogen-bond acceptors (Lipinski definition) is 2. The highest BCUT2D eigenvalue weighted by Gasteiger charge is 2.17. The smallest absolute Gasteiger partial charge is 0.144 e. The minimum atomic E-state index is -0.727. The molecule has 98 valence electrons. The van der Waals surface area contributed by atoms with Gasteiger partial charge in [-0.3, -0.25) is 0 Å². The number of rotatable bonds is 1. The molecule has 1 aromatic heterocycles. The first-order valence-electron chi connectivity index (χ1n) is 5.64. The molecule has 0 spiro atoms. The largest absolute Gasteiger partial charge is 0.338 e. The summed E-state index contributed by atoms with van der Waals surface area (Å²) in [5.41, 5.74) is 1.06. The van der Waals surface area contributed by atoms with Crippen LogP contribution < -0.4 is 0 Å². The van der Waals surface area contributed by atoms with Gasteiger partial charge in [-0.15, -0.1) is 0 Å². The molecule has 0 amide bonds. The number of aromatic nitrogens is 2. The number of hydrogen-bond donors (Lipinski definition) is 1. The molecule has 0 radical (unpaired) electrons. The van der Waals surface area contributed by atoms with E-state index >= 15 is 0 Å². The molecule has 0 atom stereocenters. The molecule has 3 aromatic rings. The van der Waals surface area contributed by atoms with Crippen LogP contribution in [0.15, 0.2) is 34.8 Å². The van der Waals surface area contributed by atoms with Crippen molar-refractivity contribution < 1.29 is 8.78 Å².